The van der Waals surface area contributed by atoms with Crippen molar-refractivity contribution in [2.45, 2.75) is 6.92 Å². The Morgan fingerprint density at radius 3 is 2.29 bits per heavy atom. The van der Waals surface area contributed by atoms with Crippen molar-refractivity contribution in [3.63, 3.8) is 0 Å². The minimum Gasteiger partial charge on any atom is -0.207 e. The maximum Gasteiger partial charge on any atom is 0.123 e. The van der Waals surface area contributed by atoms with Gasteiger partial charge in [0.25, 0.3) is 0 Å². The number of nitrogens with zero attached hydrogens (tertiary/aromatic N) is 3. The molecule has 2 rings (SSSR count). The fourth-order valence-electron chi connectivity index (χ4n) is 1.38. The third-order valence-corrected chi connectivity index (χ3v) is 2.00. The van der Waals surface area contributed by atoms with Crippen LogP contribution in [-0.2, 0) is 7.05 Å². The Hall–Kier alpha value is -1.71. The molecule has 3 nitrogen and oxygen atoms in total. The highest BCUT2D eigenvalue weighted by Crippen LogP contribution is 2.19. The van der Waals surface area contributed by atoms with Crippen LogP contribution >= 0.6 is 0 Å². The summed E-state index contributed by atoms with van der Waals surface area (Å²) in [6, 6.07) is 6.24. The summed E-state index contributed by atoms with van der Waals surface area (Å²) >= 11 is 0. The number of benzene rings is 1. The van der Waals surface area contributed by atoms with E-state index in [0.717, 1.165) is 17.0 Å². The predicted octanol–water partition coefficient (Wildman–Crippen LogP) is 1.93. The average Bonchev–Trinajstić information content (AvgIpc) is 2.47. The van der Waals surface area contributed by atoms with Crippen molar-refractivity contribution in [3.05, 3.63) is 35.8 Å². The van der Waals surface area contributed by atoms with Crippen LogP contribution < -0.4 is 0 Å². The van der Waals surface area contributed by atoms with Gasteiger partial charge in [-0.1, -0.05) is 0 Å². The van der Waals surface area contributed by atoms with Crippen LogP contribution in [-0.4, -0.2) is 15.0 Å². The normalized spacial score (nSPS) is 10.5. The monoisotopic (exact) mass is 191 g/mol. The summed E-state index contributed by atoms with van der Waals surface area (Å²) in [5.74, 6) is -0.240. The second kappa shape index (κ2) is 3.21. The molecule has 0 fully saturated rings. The molecule has 1 aromatic heterocycles. The molecule has 72 valence electrons. The van der Waals surface area contributed by atoms with Gasteiger partial charge in [-0.05, 0) is 31.2 Å². The van der Waals surface area contributed by atoms with Gasteiger partial charge in [-0.2, -0.15) is 15.0 Å². The third kappa shape index (κ3) is 1.51. The molecule has 0 unspecified atom stereocenters. The van der Waals surface area contributed by atoms with Crippen LogP contribution in [0.1, 0.15) is 5.69 Å². The summed E-state index contributed by atoms with van der Waals surface area (Å²) in [6.45, 7) is 1.88. The maximum absolute atomic E-state index is 12.7. The van der Waals surface area contributed by atoms with Crippen molar-refractivity contribution in [1.82, 2.24) is 15.0 Å². The molecule has 0 aliphatic rings. The van der Waals surface area contributed by atoms with Gasteiger partial charge in [-0.3, -0.25) is 0 Å². The number of hydrogen-bond acceptors (Lipinski definition) is 2. The zero-order valence-electron chi connectivity index (χ0n) is 8.03. The lowest BCUT2D eigenvalue weighted by Gasteiger charge is -1.96. The van der Waals surface area contributed by atoms with E-state index >= 15 is 0 Å². The third-order valence-electron chi connectivity index (χ3n) is 2.00. The molecule has 0 N–H and O–H groups in total. The van der Waals surface area contributed by atoms with Crippen molar-refractivity contribution in [2.75, 3.05) is 0 Å². The van der Waals surface area contributed by atoms with E-state index in [-0.39, 0.29) is 5.82 Å². The Labute approximate surface area is 81.2 Å². The molecule has 0 bridgehead atoms. The highest BCUT2D eigenvalue weighted by atomic mass is 19.1. The van der Waals surface area contributed by atoms with Gasteiger partial charge in [0.15, 0.2) is 0 Å². The smallest absolute Gasteiger partial charge is 0.123 e. The van der Waals surface area contributed by atoms with Crippen LogP contribution in [0, 0.1) is 12.7 Å². The topological polar surface area (TPSA) is 30.7 Å². The molecule has 0 saturated carbocycles. The van der Waals surface area contributed by atoms with E-state index in [1.807, 2.05) is 6.92 Å². The van der Waals surface area contributed by atoms with Crippen molar-refractivity contribution < 1.29 is 4.39 Å². The Kier molecular flexibility index (Phi) is 2.04. The fourth-order valence-corrected chi connectivity index (χ4v) is 1.38. The van der Waals surface area contributed by atoms with E-state index < -0.39 is 0 Å². The van der Waals surface area contributed by atoms with Crippen LogP contribution in [0.2, 0.25) is 0 Å². The van der Waals surface area contributed by atoms with Crippen LogP contribution in [0.25, 0.3) is 11.3 Å². The summed E-state index contributed by atoms with van der Waals surface area (Å²) in [6.07, 6.45) is 0. The standard InChI is InChI=1S/C10H10FN3/c1-7-10(13-14(2)12-7)8-3-5-9(11)6-4-8/h3-6H,1-2H3. The van der Waals surface area contributed by atoms with E-state index in [2.05, 4.69) is 10.2 Å². The molecule has 0 aliphatic carbocycles. The number of aryl methyl sites for hydroxylation is 2. The summed E-state index contributed by atoms with van der Waals surface area (Å²) in [4.78, 5) is 1.51. The van der Waals surface area contributed by atoms with Crippen LogP contribution in [0.4, 0.5) is 4.39 Å². The molecule has 0 saturated heterocycles. The first-order valence-electron chi connectivity index (χ1n) is 4.30. The van der Waals surface area contributed by atoms with E-state index in [1.54, 1.807) is 19.2 Å². The Morgan fingerprint density at radius 1 is 1.14 bits per heavy atom. The first-order valence-corrected chi connectivity index (χ1v) is 4.30. The van der Waals surface area contributed by atoms with Gasteiger partial charge in [-0.25, -0.2) is 4.39 Å². The SMILES string of the molecule is Cc1nn(C)nc1-c1ccc(F)cc1. The van der Waals surface area contributed by atoms with Crippen LogP contribution in [0.15, 0.2) is 24.3 Å². The lowest BCUT2D eigenvalue weighted by molar-refractivity contribution is 0.628. The molecule has 1 aromatic carbocycles. The summed E-state index contributed by atoms with van der Waals surface area (Å²) in [5, 5.41) is 8.31. The lowest BCUT2D eigenvalue weighted by Crippen LogP contribution is -1.91. The van der Waals surface area contributed by atoms with Crippen LogP contribution in [0.5, 0.6) is 0 Å². The van der Waals surface area contributed by atoms with Crippen molar-refractivity contribution >= 4 is 0 Å². The molecule has 0 radical (unpaired) electrons. The van der Waals surface area contributed by atoms with Gasteiger partial charge < -0.3 is 0 Å². The lowest BCUT2D eigenvalue weighted by atomic mass is 10.1. The van der Waals surface area contributed by atoms with E-state index in [0.29, 0.717) is 0 Å². The van der Waals surface area contributed by atoms with Gasteiger partial charge in [0.2, 0.25) is 0 Å². The molecular weight excluding hydrogens is 181 g/mol. The van der Waals surface area contributed by atoms with Gasteiger partial charge in [0.05, 0.1) is 5.69 Å². The number of rotatable bonds is 1. The minimum absolute atomic E-state index is 0.240. The first kappa shape index (κ1) is 8.87. The van der Waals surface area contributed by atoms with Gasteiger partial charge in [0, 0.05) is 12.6 Å². The highest BCUT2D eigenvalue weighted by Gasteiger charge is 2.07. The van der Waals surface area contributed by atoms with Gasteiger partial charge >= 0.3 is 0 Å². The number of hydrogen-bond donors (Lipinski definition) is 0. The number of aromatic nitrogens is 3. The molecule has 0 spiro atoms. The predicted molar refractivity (Wildman–Crippen MR) is 51.1 cm³/mol. The highest BCUT2D eigenvalue weighted by molar-refractivity contribution is 5.60. The summed E-state index contributed by atoms with van der Waals surface area (Å²) in [5.41, 5.74) is 2.53. The van der Waals surface area contributed by atoms with Gasteiger partial charge in [-0.15, -0.1) is 0 Å². The Balaban J connectivity index is 2.49. The van der Waals surface area contributed by atoms with Crippen LogP contribution in [0.3, 0.4) is 0 Å². The molecule has 0 aliphatic heterocycles. The molecule has 1 heterocycles. The molecular formula is C10H10FN3. The molecule has 14 heavy (non-hydrogen) atoms. The zero-order valence-corrected chi connectivity index (χ0v) is 8.03. The van der Waals surface area contributed by atoms with Crippen molar-refractivity contribution in [3.8, 4) is 11.3 Å². The van der Waals surface area contributed by atoms with E-state index in [4.69, 9.17) is 0 Å². The summed E-state index contributed by atoms with van der Waals surface area (Å²) < 4.78 is 12.7. The van der Waals surface area contributed by atoms with E-state index in [9.17, 15) is 4.39 Å². The average molecular weight is 191 g/mol. The van der Waals surface area contributed by atoms with Crippen molar-refractivity contribution in [2.24, 2.45) is 7.05 Å². The van der Waals surface area contributed by atoms with E-state index in [1.165, 1.54) is 16.9 Å². The first-order chi connectivity index (χ1) is 6.66. The van der Waals surface area contributed by atoms with Gasteiger partial charge in [0.1, 0.15) is 11.5 Å². The fraction of sp³-hybridized carbons (Fsp3) is 0.200. The molecule has 2 aromatic rings. The molecule has 0 amide bonds. The Morgan fingerprint density at radius 2 is 1.79 bits per heavy atom. The largest absolute Gasteiger partial charge is 0.207 e. The molecule has 0 atom stereocenters. The molecule has 4 heteroatoms. The number of halogens is 1. The summed E-state index contributed by atoms with van der Waals surface area (Å²) in [7, 11) is 1.76. The van der Waals surface area contributed by atoms with Crippen molar-refractivity contribution in [1.29, 1.82) is 0 Å². The second-order valence-electron chi connectivity index (χ2n) is 3.13. The zero-order chi connectivity index (χ0) is 10.1. The maximum atomic E-state index is 12.7. The minimum atomic E-state index is -0.240. The second-order valence-corrected chi connectivity index (χ2v) is 3.13. The quantitative estimate of drug-likeness (QED) is 0.689. The Bertz CT molecular complexity index is 445.